The number of hydrogen-bond donors (Lipinski definition) is 1. The van der Waals surface area contributed by atoms with E-state index in [1.54, 1.807) is 0 Å². The van der Waals surface area contributed by atoms with Crippen molar-refractivity contribution < 1.29 is 17.9 Å². The van der Waals surface area contributed by atoms with Crippen LogP contribution in [-0.2, 0) is 4.74 Å². The van der Waals surface area contributed by atoms with E-state index in [1.807, 2.05) is 6.92 Å². The van der Waals surface area contributed by atoms with Gasteiger partial charge in [0.05, 0.1) is 6.61 Å². The summed E-state index contributed by atoms with van der Waals surface area (Å²) in [5.74, 6) is 1.72. The molecule has 5 heteroatoms. The van der Waals surface area contributed by atoms with Crippen LogP contribution in [0.1, 0.15) is 40.0 Å². The van der Waals surface area contributed by atoms with E-state index in [9.17, 15) is 13.2 Å². The summed E-state index contributed by atoms with van der Waals surface area (Å²) in [4.78, 5) is 0. The zero-order valence-corrected chi connectivity index (χ0v) is 12.1. The normalized spacial score (nSPS) is 30.3. The molecule has 1 aliphatic carbocycles. The van der Waals surface area contributed by atoms with Crippen molar-refractivity contribution in [2.24, 2.45) is 17.8 Å². The van der Waals surface area contributed by atoms with Crippen LogP contribution < -0.4 is 5.32 Å². The highest BCUT2D eigenvalue weighted by Gasteiger charge is 2.32. The molecule has 0 amide bonds. The summed E-state index contributed by atoms with van der Waals surface area (Å²) in [7, 11) is 0. The molecule has 1 fully saturated rings. The molecule has 19 heavy (non-hydrogen) atoms. The number of nitrogens with one attached hydrogen (secondary N) is 1. The number of halogens is 3. The Morgan fingerprint density at radius 1 is 1.16 bits per heavy atom. The van der Waals surface area contributed by atoms with Gasteiger partial charge in [-0.3, -0.25) is 0 Å². The molecule has 0 saturated heterocycles. The second-order valence-corrected chi connectivity index (χ2v) is 5.97. The molecule has 0 heterocycles. The van der Waals surface area contributed by atoms with Gasteiger partial charge in [-0.2, -0.15) is 13.2 Å². The van der Waals surface area contributed by atoms with Crippen molar-refractivity contribution in [3.63, 3.8) is 0 Å². The molecular formula is C14H26F3NO. The Balaban J connectivity index is 2.46. The quantitative estimate of drug-likeness (QED) is 0.803. The van der Waals surface area contributed by atoms with Crippen molar-refractivity contribution in [3.8, 4) is 0 Å². The predicted molar refractivity (Wildman–Crippen MR) is 70.0 cm³/mol. The fraction of sp³-hybridized carbons (Fsp3) is 1.00. The lowest BCUT2D eigenvalue weighted by atomic mass is 9.74. The SMILES string of the molecule is CCNC(COCC(F)(F)F)C1CC(C)CC(C)C1. The summed E-state index contributed by atoms with van der Waals surface area (Å²) in [6.45, 7) is 6.19. The van der Waals surface area contributed by atoms with E-state index in [1.165, 1.54) is 6.42 Å². The highest BCUT2D eigenvalue weighted by Crippen LogP contribution is 2.34. The van der Waals surface area contributed by atoms with Crippen LogP contribution in [0.2, 0.25) is 0 Å². The predicted octanol–water partition coefficient (Wildman–Crippen LogP) is 3.62. The molecule has 1 aliphatic rings. The Labute approximate surface area is 114 Å². The average molecular weight is 281 g/mol. The second-order valence-electron chi connectivity index (χ2n) is 5.97. The van der Waals surface area contributed by atoms with E-state index < -0.39 is 12.8 Å². The maximum Gasteiger partial charge on any atom is 0.411 e. The largest absolute Gasteiger partial charge is 0.411 e. The summed E-state index contributed by atoms with van der Waals surface area (Å²) in [6.07, 6.45) is -0.850. The molecular weight excluding hydrogens is 255 g/mol. The van der Waals surface area contributed by atoms with Crippen LogP contribution in [0.15, 0.2) is 0 Å². The van der Waals surface area contributed by atoms with E-state index in [4.69, 9.17) is 4.74 Å². The van der Waals surface area contributed by atoms with Crippen LogP contribution in [0.25, 0.3) is 0 Å². The number of alkyl halides is 3. The van der Waals surface area contributed by atoms with Gasteiger partial charge in [0.2, 0.25) is 0 Å². The van der Waals surface area contributed by atoms with Crippen LogP contribution in [0.3, 0.4) is 0 Å². The third-order valence-corrected chi connectivity index (χ3v) is 3.81. The molecule has 0 radical (unpaired) electrons. The number of rotatable bonds is 6. The molecule has 0 aromatic rings. The lowest BCUT2D eigenvalue weighted by molar-refractivity contribution is -0.176. The molecule has 1 N–H and O–H groups in total. The molecule has 0 aromatic carbocycles. The van der Waals surface area contributed by atoms with Crippen LogP contribution in [0, 0.1) is 17.8 Å². The molecule has 0 bridgehead atoms. The Morgan fingerprint density at radius 3 is 2.21 bits per heavy atom. The highest BCUT2D eigenvalue weighted by atomic mass is 19.4. The Kier molecular flexibility index (Phi) is 6.60. The number of hydrogen-bond acceptors (Lipinski definition) is 2. The van der Waals surface area contributed by atoms with E-state index >= 15 is 0 Å². The monoisotopic (exact) mass is 281 g/mol. The van der Waals surface area contributed by atoms with Gasteiger partial charge >= 0.3 is 6.18 Å². The van der Waals surface area contributed by atoms with Gasteiger partial charge in [-0.25, -0.2) is 0 Å². The van der Waals surface area contributed by atoms with Crippen LogP contribution in [0.5, 0.6) is 0 Å². The van der Waals surface area contributed by atoms with Crippen LogP contribution >= 0.6 is 0 Å². The number of ether oxygens (including phenoxy) is 1. The lowest BCUT2D eigenvalue weighted by Gasteiger charge is -2.36. The van der Waals surface area contributed by atoms with E-state index in [0.717, 1.165) is 19.4 Å². The molecule has 114 valence electrons. The van der Waals surface area contributed by atoms with E-state index in [2.05, 4.69) is 19.2 Å². The van der Waals surface area contributed by atoms with E-state index in [-0.39, 0.29) is 12.6 Å². The molecule has 2 nitrogen and oxygen atoms in total. The summed E-state index contributed by atoms with van der Waals surface area (Å²) >= 11 is 0. The Bertz CT molecular complexity index is 248. The van der Waals surface area contributed by atoms with Gasteiger partial charge in [0.1, 0.15) is 6.61 Å². The smallest absolute Gasteiger partial charge is 0.370 e. The van der Waals surface area contributed by atoms with E-state index in [0.29, 0.717) is 17.8 Å². The summed E-state index contributed by atoms with van der Waals surface area (Å²) in [5, 5.41) is 3.29. The van der Waals surface area contributed by atoms with Gasteiger partial charge in [0.15, 0.2) is 0 Å². The minimum Gasteiger partial charge on any atom is -0.370 e. The molecule has 3 unspecified atom stereocenters. The minimum atomic E-state index is -4.23. The van der Waals surface area contributed by atoms with Crippen molar-refractivity contribution in [2.75, 3.05) is 19.8 Å². The first-order valence-corrected chi connectivity index (χ1v) is 7.19. The Morgan fingerprint density at radius 2 is 1.74 bits per heavy atom. The summed E-state index contributed by atoms with van der Waals surface area (Å²) in [6, 6.07) is 0.0394. The maximum atomic E-state index is 12.1. The first-order chi connectivity index (χ1) is 8.81. The summed E-state index contributed by atoms with van der Waals surface area (Å²) < 4.78 is 41.2. The average Bonchev–Trinajstić information content (AvgIpc) is 2.25. The molecule has 1 rings (SSSR count). The zero-order chi connectivity index (χ0) is 14.5. The van der Waals surface area contributed by atoms with Crippen molar-refractivity contribution in [2.45, 2.75) is 52.3 Å². The van der Waals surface area contributed by atoms with Gasteiger partial charge < -0.3 is 10.1 Å². The molecule has 0 aliphatic heterocycles. The number of likely N-dealkylation sites (N-methyl/N-ethyl adjacent to an activating group) is 1. The van der Waals surface area contributed by atoms with Crippen molar-refractivity contribution >= 4 is 0 Å². The topological polar surface area (TPSA) is 21.3 Å². The fourth-order valence-corrected chi connectivity index (χ4v) is 3.26. The third-order valence-electron chi connectivity index (χ3n) is 3.81. The second kappa shape index (κ2) is 7.48. The molecule has 1 saturated carbocycles. The fourth-order valence-electron chi connectivity index (χ4n) is 3.26. The van der Waals surface area contributed by atoms with Crippen molar-refractivity contribution in [1.82, 2.24) is 5.32 Å². The zero-order valence-electron chi connectivity index (χ0n) is 12.1. The van der Waals surface area contributed by atoms with Gasteiger partial charge in [-0.15, -0.1) is 0 Å². The summed E-state index contributed by atoms with van der Waals surface area (Å²) in [5.41, 5.74) is 0. The van der Waals surface area contributed by atoms with Crippen molar-refractivity contribution in [3.05, 3.63) is 0 Å². The van der Waals surface area contributed by atoms with Gasteiger partial charge in [-0.05, 0) is 43.6 Å². The minimum absolute atomic E-state index is 0.0394. The third kappa shape index (κ3) is 6.61. The standard InChI is InChI=1S/C14H26F3NO/c1-4-18-13(8-19-9-14(15,16)17)12-6-10(2)5-11(3)7-12/h10-13,18H,4-9H2,1-3H3. The Hall–Kier alpha value is -0.290. The molecule has 0 spiro atoms. The van der Waals surface area contributed by atoms with Gasteiger partial charge in [0, 0.05) is 6.04 Å². The lowest BCUT2D eigenvalue weighted by Crippen LogP contribution is -2.43. The molecule has 3 atom stereocenters. The highest BCUT2D eigenvalue weighted by molar-refractivity contribution is 4.83. The van der Waals surface area contributed by atoms with Crippen molar-refractivity contribution in [1.29, 1.82) is 0 Å². The maximum absolute atomic E-state index is 12.1. The van der Waals surface area contributed by atoms with Crippen LogP contribution in [0.4, 0.5) is 13.2 Å². The molecule has 0 aromatic heterocycles. The van der Waals surface area contributed by atoms with Crippen LogP contribution in [-0.4, -0.2) is 32.0 Å². The first-order valence-electron chi connectivity index (χ1n) is 7.19. The van der Waals surface area contributed by atoms with Gasteiger partial charge in [0.25, 0.3) is 0 Å². The first kappa shape index (κ1) is 16.8. The van der Waals surface area contributed by atoms with Gasteiger partial charge in [-0.1, -0.05) is 20.8 Å².